The minimum absolute atomic E-state index is 0.296. The number of sulfonamides is 1. The summed E-state index contributed by atoms with van der Waals surface area (Å²) in [6, 6.07) is 6.00. The summed E-state index contributed by atoms with van der Waals surface area (Å²) in [6.45, 7) is 0.776. The van der Waals surface area contributed by atoms with Crippen LogP contribution in [0.1, 0.15) is 16.8 Å². The molecule has 1 aromatic rings. The molecule has 0 unspecified atom stereocenters. The first kappa shape index (κ1) is 15.7. The fourth-order valence-corrected chi connectivity index (χ4v) is 2.93. The Labute approximate surface area is 123 Å². The van der Waals surface area contributed by atoms with Gasteiger partial charge in [0, 0.05) is 12.2 Å². The minimum Gasteiger partial charge on any atom is -0.486 e. The van der Waals surface area contributed by atoms with Gasteiger partial charge < -0.3 is 15.2 Å². The van der Waals surface area contributed by atoms with Crippen molar-refractivity contribution in [2.24, 2.45) is 5.73 Å². The summed E-state index contributed by atoms with van der Waals surface area (Å²) in [7, 11) is -3.31. The molecular formula is C13H18N2O5S. The molecule has 0 aliphatic carbocycles. The maximum Gasteiger partial charge on any atom is 0.248 e. The van der Waals surface area contributed by atoms with Crippen molar-refractivity contribution in [1.82, 2.24) is 4.72 Å². The molecule has 0 spiro atoms. The molecule has 1 amide bonds. The monoisotopic (exact) mass is 314 g/mol. The Kier molecular flexibility index (Phi) is 4.81. The van der Waals surface area contributed by atoms with Gasteiger partial charge in [0.05, 0.1) is 18.9 Å². The second-order valence-corrected chi connectivity index (χ2v) is 6.69. The number of nitrogens with two attached hydrogens (primary N) is 1. The summed E-state index contributed by atoms with van der Waals surface area (Å²) in [5, 5.41) is 0. The molecule has 1 heterocycles. The molecular weight excluding hydrogens is 296 g/mol. The van der Waals surface area contributed by atoms with Crippen LogP contribution in [0, 0.1) is 0 Å². The predicted octanol–water partition coefficient (Wildman–Crippen LogP) is -0.129. The molecule has 0 aromatic heterocycles. The molecule has 1 aliphatic heterocycles. The van der Waals surface area contributed by atoms with E-state index in [2.05, 4.69) is 4.72 Å². The molecule has 2 rings (SSSR count). The van der Waals surface area contributed by atoms with Gasteiger partial charge in [-0.3, -0.25) is 4.79 Å². The number of ether oxygens (including phenoxy) is 2. The van der Waals surface area contributed by atoms with E-state index in [0.717, 1.165) is 6.26 Å². The Morgan fingerprint density at radius 2 is 2.05 bits per heavy atom. The van der Waals surface area contributed by atoms with Crippen LogP contribution in [0.4, 0.5) is 0 Å². The first-order valence-electron chi connectivity index (χ1n) is 6.47. The zero-order valence-electron chi connectivity index (χ0n) is 11.6. The van der Waals surface area contributed by atoms with Crippen molar-refractivity contribution in [1.29, 1.82) is 0 Å². The van der Waals surface area contributed by atoms with E-state index < -0.39 is 22.0 Å². The van der Waals surface area contributed by atoms with E-state index in [4.69, 9.17) is 15.2 Å². The van der Waals surface area contributed by atoms with Gasteiger partial charge in [-0.2, -0.15) is 0 Å². The summed E-state index contributed by atoms with van der Waals surface area (Å²) in [5.41, 5.74) is 5.55. The second kappa shape index (κ2) is 6.42. The Morgan fingerprint density at radius 1 is 1.38 bits per heavy atom. The number of benzene rings is 1. The fraction of sp³-hybridized carbons (Fsp3) is 0.462. The number of amides is 1. The number of carbonyl (C=O) groups excluding carboxylic acids is 1. The van der Waals surface area contributed by atoms with Gasteiger partial charge in [0.1, 0.15) is 11.9 Å². The van der Waals surface area contributed by atoms with Crippen LogP contribution in [-0.4, -0.2) is 45.9 Å². The lowest BCUT2D eigenvalue weighted by Crippen LogP contribution is -2.51. The van der Waals surface area contributed by atoms with E-state index in [-0.39, 0.29) is 6.04 Å². The third-order valence-electron chi connectivity index (χ3n) is 3.10. The fourth-order valence-electron chi connectivity index (χ4n) is 2.11. The van der Waals surface area contributed by atoms with Crippen LogP contribution in [0.2, 0.25) is 0 Å². The van der Waals surface area contributed by atoms with E-state index in [0.29, 0.717) is 30.9 Å². The van der Waals surface area contributed by atoms with Gasteiger partial charge >= 0.3 is 0 Å². The smallest absolute Gasteiger partial charge is 0.248 e. The third-order valence-corrected chi connectivity index (χ3v) is 3.83. The first-order valence-corrected chi connectivity index (χ1v) is 8.36. The second-order valence-electron chi connectivity index (χ2n) is 4.91. The van der Waals surface area contributed by atoms with Crippen molar-refractivity contribution in [3.05, 3.63) is 29.8 Å². The highest BCUT2D eigenvalue weighted by molar-refractivity contribution is 7.88. The molecule has 8 heteroatoms. The van der Waals surface area contributed by atoms with Crippen LogP contribution in [0.25, 0.3) is 0 Å². The number of nitrogens with one attached hydrogen (secondary N) is 1. The number of hydrogen-bond donors (Lipinski definition) is 2. The number of carbonyl (C=O) groups is 1. The normalized spacial score (nSPS) is 22.7. The molecule has 1 saturated heterocycles. The van der Waals surface area contributed by atoms with Crippen LogP contribution in [0.3, 0.4) is 0 Å². The number of primary amides is 1. The molecule has 21 heavy (non-hydrogen) atoms. The SMILES string of the molecule is CS(=O)(=O)N[C@@H]1CCOC[C@H]1Oc1ccc(C(N)=O)cc1. The van der Waals surface area contributed by atoms with Gasteiger partial charge in [-0.05, 0) is 30.7 Å². The zero-order valence-corrected chi connectivity index (χ0v) is 12.4. The van der Waals surface area contributed by atoms with Gasteiger partial charge in [-0.1, -0.05) is 0 Å². The first-order chi connectivity index (χ1) is 9.85. The third kappa shape index (κ3) is 4.69. The maximum atomic E-state index is 11.4. The highest BCUT2D eigenvalue weighted by atomic mass is 32.2. The van der Waals surface area contributed by atoms with E-state index in [1.807, 2.05) is 0 Å². The maximum absolute atomic E-state index is 11.4. The van der Waals surface area contributed by atoms with Crippen molar-refractivity contribution in [3.8, 4) is 5.75 Å². The Morgan fingerprint density at radius 3 is 2.62 bits per heavy atom. The highest BCUT2D eigenvalue weighted by Crippen LogP contribution is 2.19. The Bertz CT molecular complexity index is 599. The van der Waals surface area contributed by atoms with Gasteiger partial charge in [-0.25, -0.2) is 13.1 Å². The molecule has 116 valence electrons. The zero-order chi connectivity index (χ0) is 15.5. The molecule has 0 radical (unpaired) electrons. The largest absolute Gasteiger partial charge is 0.486 e. The van der Waals surface area contributed by atoms with Crippen LogP contribution in [0.15, 0.2) is 24.3 Å². The van der Waals surface area contributed by atoms with Crippen LogP contribution in [-0.2, 0) is 14.8 Å². The lowest BCUT2D eigenvalue weighted by atomic mass is 10.1. The van der Waals surface area contributed by atoms with E-state index in [9.17, 15) is 13.2 Å². The van der Waals surface area contributed by atoms with Crippen LogP contribution >= 0.6 is 0 Å². The standard InChI is InChI=1S/C13H18N2O5S/c1-21(17,18)15-11-6-7-19-8-12(11)20-10-4-2-9(3-5-10)13(14)16/h2-5,11-12,15H,6-8H2,1H3,(H2,14,16)/t11-,12-/m1/s1. The van der Waals surface area contributed by atoms with Crippen molar-refractivity contribution in [2.45, 2.75) is 18.6 Å². The van der Waals surface area contributed by atoms with Gasteiger partial charge in [0.25, 0.3) is 0 Å². The lowest BCUT2D eigenvalue weighted by molar-refractivity contribution is -0.00922. The number of rotatable bonds is 5. The quantitative estimate of drug-likeness (QED) is 0.787. The molecule has 1 aliphatic rings. The van der Waals surface area contributed by atoms with Crippen LogP contribution < -0.4 is 15.2 Å². The van der Waals surface area contributed by atoms with Gasteiger partial charge in [0.2, 0.25) is 15.9 Å². The van der Waals surface area contributed by atoms with E-state index >= 15 is 0 Å². The topological polar surface area (TPSA) is 108 Å². The molecule has 1 aromatic carbocycles. The van der Waals surface area contributed by atoms with Gasteiger partial charge in [-0.15, -0.1) is 0 Å². The molecule has 3 N–H and O–H groups in total. The Hall–Kier alpha value is -1.64. The predicted molar refractivity (Wildman–Crippen MR) is 76.6 cm³/mol. The molecule has 0 bridgehead atoms. The van der Waals surface area contributed by atoms with E-state index in [1.165, 1.54) is 0 Å². The lowest BCUT2D eigenvalue weighted by Gasteiger charge is -2.31. The molecule has 1 fully saturated rings. The summed E-state index contributed by atoms with van der Waals surface area (Å²) in [4.78, 5) is 11.0. The minimum atomic E-state index is -3.31. The van der Waals surface area contributed by atoms with Gasteiger partial charge in [0.15, 0.2) is 0 Å². The summed E-state index contributed by atoms with van der Waals surface area (Å²) in [5.74, 6) is 0.00923. The molecule has 0 saturated carbocycles. The van der Waals surface area contributed by atoms with Crippen molar-refractivity contribution in [3.63, 3.8) is 0 Å². The summed E-state index contributed by atoms with van der Waals surface area (Å²) < 4.78 is 36.3. The number of hydrogen-bond acceptors (Lipinski definition) is 5. The van der Waals surface area contributed by atoms with Crippen LogP contribution in [0.5, 0.6) is 5.75 Å². The highest BCUT2D eigenvalue weighted by Gasteiger charge is 2.29. The average molecular weight is 314 g/mol. The summed E-state index contributed by atoms with van der Waals surface area (Å²) in [6.07, 6.45) is 1.23. The van der Waals surface area contributed by atoms with Crippen molar-refractivity contribution >= 4 is 15.9 Å². The molecule has 7 nitrogen and oxygen atoms in total. The molecule has 2 atom stereocenters. The van der Waals surface area contributed by atoms with E-state index in [1.54, 1.807) is 24.3 Å². The average Bonchev–Trinajstić information content (AvgIpc) is 2.40. The Balaban J connectivity index is 2.06. The van der Waals surface area contributed by atoms with Crippen molar-refractivity contribution < 1.29 is 22.7 Å². The summed E-state index contributed by atoms with van der Waals surface area (Å²) >= 11 is 0. The van der Waals surface area contributed by atoms with Crippen molar-refractivity contribution in [2.75, 3.05) is 19.5 Å².